The molecule has 1 aromatic carbocycles. The first-order valence-corrected chi connectivity index (χ1v) is 6.86. The molecule has 0 aliphatic carbocycles. The van der Waals surface area contributed by atoms with Crippen LogP contribution in [0.25, 0.3) is 17.3 Å². The summed E-state index contributed by atoms with van der Waals surface area (Å²) in [5, 5.41) is 1.84. The Morgan fingerprint density at radius 3 is 2.65 bits per heavy atom. The molecule has 2 nitrogen and oxygen atoms in total. The number of rotatable bonds is 4. The number of aromatic amines is 1. The number of thiol groups is 1. The van der Waals surface area contributed by atoms with Gasteiger partial charge in [0.2, 0.25) is 0 Å². The first-order chi connectivity index (χ1) is 8.29. The highest BCUT2D eigenvalue weighted by atomic mass is 32.1. The summed E-state index contributed by atoms with van der Waals surface area (Å²) in [7, 11) is 0. The van der Waals surface area contributed by atoms with Gasteiger partial charge in [0.1, 0.15) is 0 Å². The molecule has 2 rings (SSSR count). The van der Waals surface area contributed by atoms with Crippen molar-refractivity contribution in [1.29, 1.82) is 0 Å². The molecule has 0 saturated heterocycles. The first-order valence-electron chi connectivity index (χ1n) is 5.35. The lowest BCUT2D eigenvalue weighted by Crippen LogP contribution is -1.92. The van der Waals surface area contributed by atoms with Gasteiger partial charge in [-0.15, -0.1) is 0 Å². The van der Waals surface area contributed by atoms with Crippen molar-refractivity contribution in [2.45, 2.75) is 6.42 Å². The van der Waals surface area contributed by atoms with Gasteiger partial charge in [-0.1, -0.05) is 47.8 Å². The van der Waals surface area contributed by atoms with Gasteiger partial charge in [0.15, 0.2) is 0 Å². The highest BCUT2D eigenvalue weighted by Gasteiger charge is 1.99. The zero-order valence-electron chi connectivity index (χ0n) is 9.22. The normalized spacial score (nSPS) is 11.1. The van der Waals surface area contributed by atoms with E-state index in [0.717, 1.165) is 29.0 Å². The number of hydrogen-bond donors (Lipinski definition) is 2. The Morgan fingerprint density at radius 1 is 1.29 bits per heavy atom. The highest BCUT2D eigenvalue weighted by Crippen LogP contribution is 2.18. The molecule has 0 aliphatic heterocycles. The molecule has 1 aromatic heterocycles. The summed E-state index contributed by atoms with van der Waals surface area (Å²) in [6.45, 7) is 0. The fourth-order valence-corrected chi connectivity index (χ4v) is 2.23. The summed E-state index contributed by atoms with van der Waals surface area (Å²) >= 11 is 5.34. The van der Waals surface area contributed by atoms with Crippen LogP contribution in [0.5, 0.6) is 0 Å². The lowest BCUT2D eigenvalue weighted by molar-refractivity contribution is 1.26. The molecule has 0 atom stereocenters. The third kappa shape index (κ3) is 3.35. The fourth-order valence-electron chi connectivity index (χ4n) is 1.49. The SMILES string of the molecule is O=c1[nH]c(-c2ccc(C=CCCS)cc2)cs1. The molecule has 0 radical (unpaired) electrons. The average Bonchev–Trinajstić information content (AvgIpc) is 2.77. The Balaban J connectivity index is 2.15. The van der Waals surface area contributed by atoms with Crippen LogP contribution in [0.4, 0.5) is 0 Å². The van der Waals surface area contributed by atoms with Crippen molar-refractivity contribution in [2.24, 2.45) is 0 Å². The van der Waals surface area contributed by atoms with Crippen molar-refractivity contribution in [3.63, 3.8) is 0 Å². The predicted molar refractivity (Wildman–Crippen MR) is 77.9 cm³/mol. The van der Waals surface area contributed by atoms with Gasteiger partial charge < -0.3 is 4.98 Å². The molecule has 1 N–H and O–H groups in total. The van der Waals surface area contributed by atoms with Gasteiger partial charge in [0.25, 0.3) is 0 Å². The van der Waals surface area contributed by atoms with E-state index in [0.29, 0.717) is 0 Å². The first kappa shape index (κ1) is 12.2. The maximum atomic E-state index is 11.0. The van der Waals surface area contributed by atoms with Crippen LogP contribution in [0.2, 0.25) is 0 Å². The van der Waals surface area contributed by atoms with Crippen LogP contribution >= 0.6 is 24.0 Å². The summed E-state index contributed by atoms with van der Waals surface area (Å²) < 4.78 is 0. The third-order valence-corrected chi connectivity index (χ3v) is 3.28. The van der Waals surface area contributed by atoms with Gasteiger partial charge in [-0.3, -0.25) is 4.79 Å². The molecule has 1 heterocycles. The fraction of sp³-hybridized carbons (Fsp3) is 0.154. The topological polar surface area (TPSA) is 32.9 Å². The number of thiazole rings is 1. The standard InChI is InChI=1S/C13H13NOS2/c15-13-14-12(9-17-13)11-6-4-10(5-7-11)3-1-2-8-16/h1,3-7,9,16H,2,8H2,(H,14,15). The Hall–Kier alpha value is -1.26. The molecule has 17 heavy (non-hydrogen) atoms. The van der Waals surface area contributed by atoms with Crippen LogP contribution in [0.1, 0.15) is 12.0 Å². The molecule has 0 bridgehead atoms. The van der Waals surface area contributed by atoms with Crippen LogP contribution in [0.15, 0.2) is 40.5 Å². The number of H-pyrrole nitrogens is 1. The molecule has 4 heteroatoms. The molecule has 88 valence electrons. The number of nitrogens with one attached hydrogen (secondary N) is 1. The van der Waals surface area contributed by atoms with Crippen molar-refractivity contribution >= 4 is 30.0 Å². The van der Waals surface area contributed by atoms with E-state index in [9.17, 15) is 4.79 Å². The minimum Gasteiger partial charge on any atom is -0.312 e. The second kappa shape index (κ2) is 5.89. The largest absolute Gasteiger partial charge is 0.312 e. The number of hydrogen-bond acceptors (Lipinski definition) is 3. The Morgan fingerprint density at radius 2 is 2.06 bits per heavy atom. The summed E-state index contributed by atoms with van der Waals surface area (Å²) in [6.07, 6.45) is 5.16. The Labute approximate surface area is 109 Å². The minimum atomic E-state index is -0.0160. The molecule has 2 aromatic rings. The van der Waals surface area contributed by atoms with Crippen LogP contribution in [-0.4, -0.2) is 10.7 Å². The smallest absolute Gasteiger partial charge is 0.304 e. The monoisotopic (exact) mass is 263 g/mol. The van der Waals surface area contributed by atoms with Gasteiger partial charge in [0, 0.05) is 5.38 Å². The van der Waals surface area contributed by atoms with Crippen LogP contribution in [0.3, 0.4) is 0 Å². The summed E-state index contributed by atoms with van der Waals surface area (Å²) in [6, 6.07) is 8.11. The zero-order chi connectivity index (χ0) is 12.1. The second-order valence-electron chi connectivity index (χ2n) is 3.60. The predicted octanol–water partition coefficient (Wildman–Crippen LogP) is 3.44. The van der Waals surface area contributed by atoms with Gasteiger partial charge in [0.05, 0.1) is 5.69 Å². The zero-order valence-corrected chi connectivity index (χ0v) is 10.9. The second-order valence-corrected chi connectivity index (χ2v) is 4.89. The van der Waals surface area contributed by atoms with Gasteiger partial charge in [-0.05, 0) is 23.3 Å². The number of allylic oxidation sites excluding steroid dienone is 1. The molecular weight excluding hydrogens is 250 g/mol. The van der Waals surface area contributed by atoms with Gasteiger partial charge >= 0.3 is 4.87 Å². The lowest BCUT2D eigenvalue weighted by Gasteiger charge is -1.98. The van der Waals surface area contributed by atoms with Crippen molar-refractivity contribution in [3.05, 3.63) is 51.0 Å². The molecule has 0 aliphatic rings. The van der Waals surface area contributed by atoms with Gasteiger partial charge in [-0.2, -0.15) is 12.6 Å². The summed E-state index contributed by atoms with van der Waals surface area (Å²) in [5.41, 5.74) is 3.08. The van der Waals surface area contributed by atoms with Crippen LogP contribution < -0.4 is 4.87 Å². The maximum absolute atomic E-state index is 11.0. The molecule has 0 amide bonds. The molecular formula is C13H13NOS2. The van der Waals surface area contributed by atoms with E-state index >= 15 is 0 Å². The van der Waals surface area contributed by atoms with E-state index in [-0.39, 0.29) is 4.87 Å². The number of benzene rings is 1. The minimum absolute atomic E-state index is 0.0160. The average molecular weight is 263 g/mol. The third-order valence-electron chi connectivity index (χ3n) is 2.35. The van der Waals surface area contributed by atoms with Crippen molar-refractivity contribution < 1.29 is 0 Å². The van der Waals surface area contributed by atoms with Crippen LogP contribution in [0, 0.1) is 0 Å². The van der Waals surface area contributed by atoms with E-state index in [1.807, 2.05) is 29.6 Å². The van der Waals surface area contributed by atoms with Crippen LogP contribution in [-0.2, 0) is 0 Å². The van der Waals surface area contributed by atoms with E-state index in [2.05, 4.69) is 29.8 Å². The molecule has 0 fully saturated rings. The molecule has 0 unspecified atom stereocenters. The summed E-state index contributed by atoms with van der Waals surface area (Å²) in [4.78, 5) is 13.8. The van der Waals surface area contributed by atoms with Gasteiger partial charge in [-0.25, -0.2) is 0 Å². The Kier molecular flexibility index (Phi) is 4.23. The van der Waals surface area contributed by atoms with Crippen molar-refractivity contribution in [1.82, 2.24) is 4.98 Å². The van der Waals surface area contributed by atoms with E-state index in [1.54, 1.807) is 0 Å². The van der Waals surface area contributed by atoms with Crippen molar-refractivity contribution in [2.75, 3.05) is 5.75 Å². The quantitative estimate of drug-likeness (QED) is 0.814. The van der Waals surface area contributed by atoms with E-state index in [4.69, 9.17) is 0 Å². The lowest BCUT2D eigenvalue weighted by atomic mass is 10.1. The van der Waals surface area contributed by atoms with E-state index in [1.165, 1.54) is 11.3 Å². The Bertz CT molecular complexity index is 551. The summed E-state index contributed by atoms with van der Waals surface area (Å²) in [5.74, 6) is 0.866. The van der Waals surface area contributed by atoms with Crippen molar-refractivity contribution in [3.8, 4) is 11.3 Å². The maximum Gasteiger partial charge on any atom is 0.304 e. The molecule has 0 saturated carbocycles. The van der Waals surface area contributed by atoms with E-state index < -0.39 is 0 Å². The highest BCUT2D eigenvalue weighted by molar-refractivity contribution is 7.80. The molecule has 0 spiro atoms. The number of aromatic nitrogens is 1.